The largest absolute Gasteiger partial charge is 0.475 e. The summed E-state index contributed by atoms with van der Waals surface area (Å²) in [6, 6.07) is 4.42. The summed E-state index contributed by atoms with van der Waals surface area (Å²) in [7, 11) is 1.22. The number of alkyl halides is 2. The summed E-state index contributed by atoms with van der Waals surface area (Å²) in [6.07, 6.45) is -0.154. The number of hydrogen-bond donors (Lipinski definition) is 2. The number of carbonyl (C=O) groups is 1. The van der Waals surface area contributed by atoms with E-state index in [0.717, 1.165) is 5.57 Å². The molecule has 1 atom stereocenters. The van der Waals surface area contributed by atoms with Gasteiger partial charge in [-0.25, -0.2) is 23.5 Å². The molecule has 156 valence electrons. The fourth-order valence-corrected chi connectivity index (χ4v) is 2.71. The minimum atomic E-state index is -2.79. The molecule has 0 bridgehead atoms. The van der Waals surface area contributed by atoms with Gasteiger partial charge in [0, 0.05) is 18.0 Å². The highest BCUT2D eigenvalue weighted by Crippen LogP contribution is 2.32. The monoisotopic (exact) mass is 406 g/mol. The Hall–Kier alpha value is -3.07. The zero-order valence-corrected chi connectivity index (χ0v) is 16.5. The first-order chi connectivity index (χ1) is 13.6. The number of aromatic nitrogens is 2. The fraction of sp³-hybridized carbons (Fsp3) is 0.350. The Morgan fingerprint density at radius 1 is 1.34 bits per heavy atom. The number of halogens is 2. The predicted molar refractivity (Wildman–Crippen MR) is 106 cm³/mol. The van der Waals surface area contributed by atoms with Crippen LogP contribution in [0.4, 0.5) is 19.4 Å². The highest BCUT2D eigenvalue weighted by atomic mass is 19.3. The lowest BCUT2D eigenvalue weighted by atomic mass is 9.96. The molecule has 2 aromatic heterocycles. The highest BCUT2D eigenvalue weighted by Gasteiger charge is 2.23. The van der Waals surface area contributed by atoms with Crippen LogP contribution in [0.5, 0.6) is 5.88 Å². The molecule has 2 heterocycles. The Bertz CT molecular complexity index is 888. The Morgan fingerprint density at radius 3 is 2.69 bits per heavy atom. The van der Waals surface area contributed by atoms with Gasteiger partial charge in [-0.05, 0) is 44.0 Å². The Labute approximate surface area is 167 Å². The number of methoxy groups -OCH3 is 1. The lowest BCUT2D eigenvalue weighted by molar-refractivity contribution is 0.139. The van der Waals surface area contributed by atoms with Crippen molar-refractivity contribution >= 4 is 11.9 Å². The van der Waals surface area contributed by atoms with Crippen LogP contribution in [0.15, 0.2) is 42.7 Å². The topological polar surface area (TPSA) is 99.4 Å². The van der Waals surface area contributed by atoms with Gasteiger partial charge in [0.15, 0.2) is 0 Å². The van der Waals surface area contributed by atoms with Gasteiger partial charge in [-0.15, -0.1) is 6.58 Å². The molecule has 3 N–H and O–H groups in total. The van der Waals surface area contributed by atoms with E-state index >= 15 is 0 Å². The lowest BCUT2D eigenvalue weighted by Crippen LogP contribution is -2.42. The van der Waals surface area contributed by atoms with Crippen LogP contribution in [-0.2, 0) is 4.74 Å². The van der Waals surface area contributed by atoms with Gasteiger partial charge < -0.3 is 15.2 Å². The van der Waals surface area contributed by atoms with Gasteiger partial charge in [0.1, 0.15) is 12.4 Å². The third kappa shape index (κ3) is 6.49. The SMILES string of the molecule is C=C(C)CC(C)(N)COc1ncc(-c2ccnc(NC(=O)OC)c2)cc1C(F)F. The minimum absolute atomic E-state index is 0.00831. The molecule has 0 aromatic carbocycles. The molecule has 0 saturated carbocycles. The summed E-state index contributed by atoms with van der Waals surface area (Å²) >= 11 is 0. The molecular formula is C20H24F2N4O3. The van der Waals surface area contributed by atoms with E-state index in [9.17, 15) is 13.6 Å². The van der Waals surface area contributed by atoms with Crippen molar-refractivity contribution in [2.45, 2.75) is 32.2 Å². The molecule has 0 radical (unpaired) electrons. The van der Waals surface area contributed by atoms with Crippen LogP contribution < -0.4 is 15.8 Å². The highest BCUT2D eigenvalue weighted by molar-refractivity contribution is 5.84. The second-order valence-corrected chi connectivity index (χ2v) is 7.04. The number of ether oxygens (including phenoxy) is 2. The van der Waals surface area contributed by atoms with Crippen LogP contribution in [-0.4, -0.2) is 35.3 Å². The summed E-state index contributed by atoms with van der Waals surface area (Å²) in [6.45, 7) is 7.40. The van der Waals surface area contributed by atoms with E-state index in [1.165, 1.54) is 31.6 Å². The molecule has 0 spiro atoms. The van der Waals surface area contributed by atoms with E-state index < -0.39 is 18.1 Å². The number of carbonyl (C=O) groups excluding carboxylic acids is 1. The van der Waals surface area contributed by atoms with Crippen molar-refractivity contribution in [3.8, 4) is 17.0 Å². The van der Waals surface area contributed by atoms with Crippen molar-refractivity contribution in [3.05, 3.63) is 48.3 Å². The molecule has 2 aromatic rings. The normalized spacial score (nSPS) is 12.9. The predicted octanol–water partition coefficient (Wildman–Crippen LogP) is 4.32. The van der Waals surface area contributed by atoms with E-state index in [0.29, 0.717) is 17.5 Å². The number of nitrogens with two attached hydrogens (primary N) is 1. The number of nitrogens with one attached hydrogen (secondary N) is 1. The van der Waals surface area contributed by atoms with Crippen molar-refractivity contribution in [3.63, 3.8) is 0 Å². The van der Waals surface area contributed by atoms with Crippen LogP contribution in [0.25, 0.3) is 11.1 Å². The first kappa shape index (κ1) is 22.2. The molecular weight excluding hydrogens is 382 g/mol. The zero-order valence-electron chi connectivity index (χ0n) is 16.5. The molecule has 0 aliphatic heterocycles. The van der Waals surface area contributed by atoms with Gasteiger partial charge in [-0.1, -0.05) is 5.57 Å². The summed E-state index contributed by atoms with van der Waals surface area (Å²) in [5, 5.41) is 2.42. The van der Waals surface area contributed by atoms with E-state index in [4.69, 9.17) is 10.5 Å². The number of rotatable bonds is 8. The molecule has 9 heteroatoms. The first-order valence-corrected chi connectivity index (χ1v) is 8.77. The van der Waals surface area contributed by atoms with Crippen LogP contribution in [0.1, 0.15) is 32.3 Å². The van der Waals surface area contributed by atoms with Crippen molar-refractivity contribution in [2.75, 3.05) is 19.0 Å². The molecule has 7 nitrogen and oxygen atoms in total. The zero-order chi connectivity index (χ0) is 21.6. The average molecular weight is 406 g/mol. The maximum atomic E-state index is 13.6. The van der Waals surface area contributed by atoms with Crippen LogP contribution in [0.2, 0.25) is 0 Å². The van der Waals surface area contributed by atoms with Gasteiger partial charge in [0.25, 0.3) is 6.43 Å². The van der Waals surface area contributed by atoms with Gasteiger partial charge >= 0.3 is 6.09 Å². The maximum Gasteiger partial charge on any atom is 0.412 e. The van der Waals surface area contributed by atoms with Gasteiger partial charge in [-0.2, -0.15) is 0 Å². The molecule has 0 aliphatic rings. The van der Waals surface area contributed by atoms with Crippen molar-refractivity contribution < 1.29 is 23.0 Å². The number of nitrogens with zero attached hydrogens (tertiary/aromatic N) is 2. The van der Waals surface area contributed by atoms with E-state index in [2.05, 4.69) is 26.6 Å². The quantitative estimate of drug-likeness (QED) is 0.634. The second-order valence-electron chi connectivity index (χ2n) is 7.04. The Kier molecular flexibility index (Phi) is 7.22. The standard InChI is InChI=1S/C20H24F2N4O3/c1-12(2)9-20(3,23)11-29-18-15(17(21)22)7-14(10-25-18)13-5-6-24-16(8-13)26-19(27)28-4/h5-8,10,17H,1,9,11,23H2,2-4H3,(H,24,26,27). The summed E-state index contributed by atoms with van der Waals surface area (Å²) < 4.78 is 37.2. The van der Waals surface area contributed by atoms with Crippen molar-refractivity contribution in [1.29, 1.82) is 0 Å². The summed E-state index contributed by atoms with van der Waals surface area (Å²) in [5.41, 5.74) is 6.84. The summed E-state index contributed by atoms with van der Waals surface area (Å²) in [5.74, 6) is 0.0380. The smallest absolute Gasteiger partial charge is 0.412 e. The summed E-state index contributed by atoms with van der Waals surface area (Å²) in [4.78, 5) is 19.4. The molecule has 2 rings (SSSR count). The van der Waals surface area contributed by atoms with E-state index in [1.54, 1.807) is 13.0 Å². The van der Waals surface area contributed by atoms with Gasteiger partial charge in [0.05, 0.1) is 18.2 Å². The van der Waals surface area contributed by atoms with E-state index in [1.807, 2.05) is 6.92 Å². The second kappa shape index (κ2) is 9.42. The number of pyridine rings is 2. The van der Waals surface area contributed by atoms with Crippen molar-refractivity contribution in [1.82, 2.24) is 9.97 Å². The van der Waals surface area contributed by atoms with E-state index in [-0.39, 0.29) is 23.9 Å². The Balaban J connectivity index is 2.27. The van der Waals surface area contributed by atoms with Gasteiger partial charge in [0.2, 0.25) is 5.88 Å². The van der Waals surface area contributed by atoms with Crippen LogP contribution in [0.3, 0.4) is 0 Å². The Morgan fingerprint density at radius 2 is 2.07 bits per heavy atom. The third-order valence-electron chi connectivity index (χ3n) is 3.87. The first-order valence-electron chi connectivity index (χ1n) is 8.77. The number of anilines is 1. The minimum Gasteiger partial charge on any atom is -0.475 e. The van der Waals surface area contributed by atoms with Crippen LogP contribution in [0, 0.1) is 0 Å². The maximum absolute atomic E-state index is 13.6. The molecule has 0 saturated heterocycles. The lowest BCUT2D eigenvalue weighted by Gasteiger charge is -2.25. The third-order valence-corrected chi connectivity index (χ3v) is 3.87. The van der Waals surface area contributed by atoms with Crippen molar-refractivity contribution in [2.24, 2.45) is 5.73 Å². The molecule has 0 fully saturated rings. The fourth-order valence-electron chi connectivity index (χ4n) is 2.71. The molecule has 1 amide bonds. The number of amides is 1. The van der Waals surface area contributed by atoms with Gasteiger partial charge in [-0.3, -0.25) is 5.32 Å². The molecule has 1 unspecified atom stereocenters. The van der Waals surface area contributed by atoms with Crippen LogP contribution >= 0.6 is 0 Å². The molecule has 0 aliphatic carbocycles. The number of hydrogen-bond acceptors (Lipinski definition) is 6. The average Bonchev–Trinajstić information content (AvgIpc) is 2.65. The molecule has 29 heavy (non-hydrogen) atoms.